The fourth-order valence-electron chi connectivity index (χ4n) is 1.52. The fraction of sp³-hybridized carbons (Fsp3) is 0.500. The minimum Gasteiger partial charge on any atom is -0.398 e. The number of anilines is 1. The average molecular weight is 287 g/mol. The Labute approximate surface area is 121 Å². The molecule has 0 radical (unpaired) electrons. The van der Waals surface area contributed by atoms with Gasteiger partial charge in [-0.25, -0.2) is 0 Å². The Morgan fingerprint density at radius 1 is 1.26 bits per heavy atom. The molecule has 0 heterocycles. The molecule has 0 aromatic heterocycles. The number of nitrogen functional groups attached to an aromatic ring is 1. The number of benzene rings is 1. The molecular formula is C14H23ClN2O2. The first kappa shape index (κ1) is 17.7. The summed E-state index contributed by atoms with van der Waals surface area (Å²) in [5.41, 5.74) is 6.76. The Balaban J connectivity index is 0.00000324. The van der Waals surface area contributed by atoms with Crippen molar-refractivity contribution in [1.82, 2.24) is 5.32 Å². The van der Waals surface area contributed by atoms with E-state index in [-0.39, 0.29) is 18.3 Å². The van der Waals surface area contributed by atoms with E-state index in [4.69, 9.17) is 10.5 Å². The van der Waals surface area contributed by atoms with E-state index in [2.05, 4.69) is 12.2 Å². The maximum atomic E-state index is 11.8. The number of halogens is 1. The van der Waals surface area contributed by atoms with Gasteiger partial charge in [-0.05, 0) is 25.0 Å². The monoisotopic (exact) mass is 286 g/mol. The Morgan fingerprint density at radius 3 is 2.63 bits per heavy atom. The Hall–Kier alpha value is -1.26. The van der Waals surface area contributed by atoms with Gasteiger partial charge in [0.15, 0.2) is 0 Å². The summed E-state index contributed by atoms with van der Waals surface area (Å²) in [7, 11) is 0. The van der Waals surface area contributed by atoms with Gasteiger partial charge in [0.1, 0.15) is 0 Å². The summed E-state index contributed by atoms with van der Waals surface area (Å²) in [5, 5.41) is 2.83. The van der Waals surface area contributed by atoms with Crippen molar-refractivity contribution in [2.45, 2.75) is 26.2 Å². The second kappa shape index (κ2) is 10.6. The van der Waals surface area contributed by atoms with Crippen molar-refractivity contribution < 1.29 is 9.53 Å². The van der Waals surface area contributed by atoms with Crippen molar-refractivity contribution in [1.29, 1.82) is 0 Å². The Kier molecular flexibility index (Phi) is 9.94. The zero-order valence-electron chi connectivity index (χ0n) is 11.4. The van der Waals surface area contributed by atoms with Gasteiger partial charge in [0, 0.05) is 25.4 Å². The standard InChI is InChI=1S/C14H22N2O2.ClH/c1-2-3-10-18-11-6-9-16-14(17)12-7-4-5-8-13(12)15;/h4-5,7-8H,2-3,6,9-11,15H2,1H3,(H,16,17);1H. The van der Waals surface area contributed by atoms with Crippen molar-refractivity contribution in [3.8, 4) is 0 Å². The third-order valence-electron chi connectivity index (χ3n) is 2.60. The summed E-state index contributed by atoms with van der Waals surface area (Å²) < 4.78 is 5.41. The second-order valence-electron chi connectivity index (χ2n) is 4.16. The van der Waals surface area contributed by atoms with Gasteiger partial charge >= 0.3 is 0 Å². The molecule has 0 unspecified atom stereocenters. The summed E-state index contributed by atoms with van der Waals surface area (Å²) >= 11 is 0. The molecule has 1 rings (SSSR count). The number of nitrogens with two attached hydrogens (primary N) is 1. The summed E-state index contributed by atoms with van der Waals surface area (Å²) in [6, 6.07) is 7.07. The first-order chi connectivity index (χ1) is 8.75. The van der Waals surface area contributed by atoms with Crippen LogP contribution in [0.25, 0.3) is 0 Å². The van der Waals surface area contributed by atoms with Gasteiger partial charge < -0.3 is 15.8 Å². The minimum absolute atomic E-state index is 0. The molecular weight excluding hydrogens is 264 g/mol. The molecule has 0 bridgehead atoms. The summed E-state index contributed by atoms with van der Waals surface area (Å²) in [5.74, 6) is -0.123. The first-order valence-corrected chi connectivity index (χ1v) is 6.46. The molecule has 0 aliphatic heterocycles. The molecule has 0 spiro atoms. The third-order valence-corrected chi connectivity index (χ3v) is 2.60. The number of hydrogen-bond donors (Lipinski definition) is 2. The molecule has 108 valence electrons. The van der Waals surface area contributed by atoms with E-state index in [9.17, 15) is 4.79 Å². The lowest BCUT2D eigenvalue weighted by molar-refractivity contribution is 0.0941. The molecule has 0 atom stereocenters. The number of rotatable bonds is 8. The van der Waals surface area contributed by atoms with Crippen molar-refractivity contribution in [3.63, 3.8) is 0 Å². The predicted octanol–water partition coefficient (Wildman–Crippen LogP) is 2.63. The number of para-hydroxylation sites is 1. The molecule has 1 amide bonds. The van der Waals surface area contributed by atoms with Gasteiger partial charge in [0.25, 0.3) is 5.91 Å². The van der Waals surface area contributed by atoms with Crippen molar-refractivity contribution >= 4 is 24.0 Å². The van der Waals surface area contributed by atoms with Crippen LogP contribution in [-0.2, 0) is 4.74 Å². The number of carbonyl (C=O) groups is 1. The summed E-state index contributed by atoms with van der Waals surface area (Å²) in [4.78, 5) is 11.8. The molecule has 3 N–H and O–H groups in total. The van der Waals surface area contributed by atoms with E-state index in [0.717, 1.165) is 25.9 Å². The van der Waals surface area contributed by atoms with Gasteiger partial charge in [-0.2, -0.15) is 0 Å². The van der Waals surface area contributed by atoms with Crippen LogP contribution in [0.2, 0.25) is 0 Å². The maximum absolute atomic E-state index is 11.8. The van der Waals surface area contributed by atoms with Crippen LogP contribution < -0.4 is 11.1 Å². The average Bonchev–Trinajstić information content (AvgIpc) is 2.38. The highest BCUT2D eigenvalue weighted by Gasteiger charge is 2.07. The number of hydrogen-bond acceptors (Lipinski definition) is 3. The normalized spacial score (nSPS) is 9.74. The molecule has 19 heavy (non-hydrogen) atoms. The van der Waals surface area contributed by atoms with E-state index in [1.807, 2.05) is 6.07 Å². The zero-order valence-corrected chi connectivity index (χ0v) is 12.2. The number of unbranched alkanes of at least 4 members (excludes halogenated alkanes) is 1. The van der Waals surface area contributed by atoms with Crippen LogP contribution in [0.3, 0.4) is 0 Å². The van der Waals surface area contributed by atoms with Crippen LogP contribution in [0.4, 0.5) is 5.69 Å². The van der Waals surface area contributed by atoms with E-state index in [0.29, 0.717) is 24.4 Å². The molecule has 0 saturated heterocycles. The molecule has 1 aromatic carbocycles. The number of carbonyl (C=O) groups excluding carboxylic acids is 1. The van der Waals surface area contributed by atoms with Crippen molar-refractivity contribution in [3.05, 3.63) is 29.8 Å². The quantitative estimate of drug-likeness (QED) is 0.570. The minimum atomic E-state index is -0.123. The molecule has 0 aliphatic carbocycles. The number of ether oxygens (including phenoxy) is 1. The summed E-state index contributed by atoms with van der Waals surface area (Å²) in [6.07, 6.45) is 3.05. The van der Waals surface area contributed by atoms with Gasteiger partial charge in [0.2, 0.25) is 0 Å². The topological polar surface area (TPSA) is 64.3 Å². The fourth-order valence-corrected chi connectivity index (χ4v) is 1.52. The highest BCUT2D eigenvalue weighted by molar-refractivity contribution is 5.98. The lowest BCUT2D eigenvalue weighted by Gasteiger charge is -2.07. The third kappa shape index (κ3) is 7.03. The highest BCUT2D eigenvalue weighted by atomic mass is 35.5. The number of nitrogens with one attached hydrogen (secondary N) is 1. The van der Waals surface area contributed by atoms with Crippen LogP contribution in [0, 0.1) is 0 Å². The zero-order chi connectivity index (χ0) is 13.2. The first-order valence-electron chi connectivity index (χ1n) is 6.46. The molecule has 4 nitrogen and oxygen atoms in total. The summed E-state index contributed by atoms with van der Waals surface area (Å²) in [6.45, 7) is 4.23. The molecule has 5 heteroatoms. The van der Waals surface area contributed by atoms with E-state index in [1.54, 1.807) is 18.2 Å². The molecule has 1 aromatic rings. The lowest BCUT2D eigenvalue weighted by atomic mass is 10.1. The second-order valence-corrected chi connectivity index (χ2v) is 4.16. The van der Waals surface area contributed by atoms with Crippen LogP contribution in [0.5, 0.6) is 0 Å². The largest absolute Gasteiger partial charge is 0.398 e. The predicted molar refractivity (Wildman–Crippen MR) is 80.8 cm³/mol. The lowest BCUT2D eigenvalue weighted by Crippen LogP contribution is -2.26. The molecule has 0 saturated carbocycles. The van der Waals surface area contributed by atoms with E-state index < -0.39 is 0 Å². The number of amides is 1. The van der Waals surface area contributed by atoms with Crippen LogP contribution in [0.1, 0.15) is 36.5 Å². The van der Waals surface area contributed by atoms with Gasteiger partial charge in [-0.3, -0.25) is 4.79 Å². The Bertz CT molecular complexity index is 372. The maximum Gasteiger partial charge on any atom is 0.253 e. The van der Waals surface area contributed by atoms with Crippen LogP contribution >= 0.6 is 12.4 Å². The van der Waals surface area contributed by atoms with E-state index >= 15 is 0 Å². The van der Waals surface area contributed by atoms with Crippen LogP contribution in [0.15, 0.2) is 24.3 Å². The van der Waals surface area contributed by atoms with Crippen molar-refractivity contribution in [2.24, 2.45) is 0 Å². The van der Waals surface area contributed by atoms with Crippen LogP contribution in [-0.4, -0.2) is 25.7 Å². The van der Waals surface area contributed by atoms with Crippen molar-refractivity contribution in [2.75, 3.05) is 25.5 Å². The smallest absolute Gasteiger partial charge is 0.253 e. The van der Waals surface area contributed by atoms with Gasteiger partial charge in [0.05, 0.1) is 5.56 Å². The molecule has 0 fully saturated rings. The van der Waals surface area contributed by atoms with E-state index in [1.165, 1.54) is 0 Å². The SMILES string of the molecule is CCCCOCCCNC(=O)c1ccccc1N.Cl. The highest BCUT2D eigenvalue weighted by Crippen LogP contribution is 2.09. The molecule has 0 aliphatic rings. The van der Waals surface area contributed by atoms with Gasteiger partial charge in [-0.1, -0.05) is 25.5 Å². The Morgan fingerprint density at radius 2 is 1.95 bits per heavy atom. The van der Waals surface area contributed by atoms with Gasteiger partial charge in [-0.15, -0.1) is 12.4 Å².